The van der Waals surface area contributed by atoms with Gasteiger partial charge in [-0.15, -0.1) is 0 Å². The van der Waals surface area contributed by atoms with E-state index in [2.05, 4.69) is 21.3 Å². The molecule has 0 aliphatic heterocycles. The fourth-order valence-corrected chi connectivity index (χ4v) is 3.95. The van der Waals surface area contributed by atoms with E-state index in [0.29, 0.717) is 48.4 Å². The molecule has 4 amide bonds. The predicted octanol–water partition coefficient (Wildman–Crippen LogP) is 5.66. The van der Waals surface area contributed by atoms with Crippen molar-refractivity contribution in [2.45, 2.75) is 78.1 Å². The lowest BCUT2D eigenvalue weighted by molar-refractivity contribution is -0.117. The van der Waals surface area contributed by atoms with Crippen LogP contribution in [0.3, 0.4) is 0 Å². The van der Waals surface area contributed by atoms with E-state index in [1.165, 1.54) is 0 Å². The maximum absolute atomic E-state index is 12.4. The average molecular weight is 523 g/mol. The van der Waals surface area contributed by atoms with Gasteiger partial charge >= 0.3 is 0 Å². The molecule has 4 N–H and O–H groups in total. The van der Waals surface area contributed by atoms with Crippen LogP contribution in [0.15, 0.2) is 48.5 Å². The monoisotopic (exact) mass is 522 g/mol. The Balaban J connectivity index is 1.61. The van der Waals surface area contributed by atoms with Crippen molar-refractivity contribution in [1.29, 1.82) is 0 Å². The molecule has 0 saturated carbocycles. The van der Waals surface area contributed by atoms with E-state index in [1.807, 2.05) is 13.8 Å². The molecule has 8 nitrogen and oxygen atoms in total. The molecule has 0 aliphatic rings. The first kappa shape index (κ1) is 30.5. The molecule has 0 aliphatic carbocycles. The molecule has 38 heavy (non-hydrogen) atoms. The van der Waals surface area contributed by atoms with Crippen LogP contribution in [-0.2, 0) is 9.59 Å². The Morgan fingerprint density at radius 1 is 0.553 bits per heavy atom. The SMILES string of the molecule is CCCNC(=O)c1ccccc1NC(=O)CCCCCCCCC(=O)Nc1ccccc1C(=O)NCCC. The first-order valence-corrected chi connectivity index (χ1v) is 13.8. The number of hydrogen-bond donors (Lipinski definition) is 4. The van der Waals surface area contributed by atoms with Gasteiger partial charge in [-0.2, -0.15) is 0 Å². The summed E-state index contributed by atoms with van der Waals surface area (Å²) in [4.78, 5) is 49.3. The van der Waals surface area contributed by atoms with E-state index in [1.54, 1.807) is 48.5 Å². The van der Waals surface area contributed by atoms with Crippen LogP contribution in [0.2, 0.25) is 0 Å². The number of carbonyl (C=O) groups excluding carboxylic acids is 4. The maximum atomic E-state index is 12.4. The molecular formula is C30H42N4O4. The highest BCUT2D eigenvalue weighted by molar-refractivity contribution is 6.04. The summed E-state index contributed by atoms with van der Waals surface area (Å²) in [5.41, 5.74) is 2.02. The van der Waals surface area contributed by atoms with Gasteiger partial charge in [0.15, 0.2) is 0 Å². The molecule has 0 spiro atoms. The zero-order valence-corrected chi connectivity index (χ0v) is 22.7. The predicted molar refractivity (Wildman–Crippen MR) is 152 cm³/mol. The van der Waals surface area contributed by atoms with Gasteiger partial charge in [0.25, 0.3) is 11.8 Å². The minimum Gasteiger partial charge on any atom is -0.352 e. The third kappa shape index (κ3) is 11.2. The minimum atomic E-state index is -0.182. The molecule has 2 rings (SSSR count). The Bertz CT molecular complexity index is 971. The van der Waals surface area contributed by atoms with E-state index < -0.39 is 0 Å². The van der Waals surface area contributed by atoms with E-state index in [0.717, 1.165) is 51.4 Å². The van der Waals surface area contributed by atoms with Crippen LogP contribution in [0.1, 0.15) is 98.8 Å². The van der Waals surface area contributed by atoms with Gasteiger partial charge in [0, 0.05) is 25.9 Å². The van der Waals surface area contributed by atoms with E-state index in [9.17, 15) is 19.2 Å². The summed E-state index contributed by atoms with van der Waals surface area (Å²) in [5, 5.41) is 11.4. The van der Waals surface area contributed by atoms with Crippen LogP contribution < -0.4 is 21.3 Å². The lowest BCUT2D eigenvalue weighted by atomic mass is 10.1. The summed E-state index contributed by atoms with van der Waals surface area (Å²) >= 11 is 0. The number of unbranched alkanes of at least 4 members (excludes halogenated alkanes) is 5. The van der Waals surface area contributed by atoms with Crippen molar-refractivity contribution in [3.8, 4) is 0 Å². The Hall–Kier alpha value is -3.68. The average Bonchev–Trinajstić information content (AvgIpc) is 2.92. The number of hydrogen-bond acceptors (Lipinski definition) is 4. The second-order valence-corrected chi connectivity index (χ2v) is 9.32. The topological polar surface area (TPSA) is 116 Å². The fraction of sp³-hybridized carbons (Fsp3) is 0.467. The summed E-state index contributed by atoms with van der Waals surface area (Å²) < 4.78 is 0. The van der Waals surface area contributed by atoms with Crippen LogP contribution in [-0.4, -0.2) is 36.7 Å². The van der Waals surface area contributed by atoms with Crippen molar-refractivity contribution in [3.05, 3.63) is 59.7 Å². The highest BCUT2D eigenvalue weighted by atomic mass is 16.2. The molecule has 2 aromatic carbocycles. The Morgan fingerprint density at radius 3 is 1.32 bits per heavy atom. The molecule has 0 aromatic heterocycles. The molecule has 0 radical (unpaired) electrons. The molecule has 0 fully saturated rings. The molecule has 2 aromatic rings. The number of para-hydroxylation sites is 2. The lowest BCUT2D eigenvalue weighted by Crippen LogP contribution is -2.25. The van der Waals surface area contributed by atoms with Crippen molar-refractivity contribution >= 4 is 35.0 Å². The molecule has 0 bridgehead atoms. The molecule has 0 saturated heterocycles. The van der Waals surface area contributed by atoms with Crippen LogP contribution in [0.4, 0.5) is 11.4 Å². The van der Waals surface area contributed by atoms with Gasteiger partial charge in [-0.05, 0) is 49.9 Å². The molecule has 206 valence electrons. The Kier molecular flexibility index (Phi) is 14.2. The van der Waals surface area contributed by atoms with Gasteiger partial charge in [0.05, 0.1) is 22.5 Å². The quantitative estimate of drug-likeness (QED) is 0.200. The summed E-state index contributed by atoms with van der Waals surface area (Å²) in [7, 11) is 0. The summed E-state index contributed by atoms with van der Waals surface area (Å²) in [5.74, 6) is -0.557. The van der Waals surface area contributed by atoms with Crippen molar-refractivity contribution in [2.75, 3.05) is 23.7 Å². The van der Waals surface area contributed by atoms with Crippen LogP contribution >= 0.6 is 0 Å². The summed E-state index contributed by atoms with van der Waals surface area (Å²) in [6.45, 7) is 5.17. The van der Waals surface area contributed by atoms with E-state index in [-0.39, 0.29) is 23.6 Å². The van der Waals surface area contributed by atoms with E-state index in [4.69, 9.17) is 0 Å². The third-order valence-corrected chi connectivity index (χ3v) is 6.02. The number of rotatable bonds is 17. The van der Waals surface area contributed by atoms with Gasteiger partial charge in [0.1, 0.15) is 0 Å². The van der Waals surface area contributed by atoms with Gasteiger partial charge in [0.2, 0.25) is 11.8 Å². The Labute approximate surface area is 226 Å². The zero-order chi connectivity index (χ0) is 27.6. The molecule has 0 heterocycles. The van der Waals surface area contributed by atoms with Gasteiger partial charge < -0.3 is 21.3 Å². The van der Waals surface area contributed by atoms with E-state index >= 15 is 0 Å². The molecule has 0 atom stereocenters. The number of benzene rings is 2. The summed E-state index contributed by atoms with van der Waals surface area (Å²) in [6, 6.07) is 14.1. The largest absolute Gasteiger partial charge is 0.352 e. The van der Waals surface area contributed by atoms with Crippen LogP contribution in [0.25, 0.3) is 0 Å². The highest BCUT2D eigenvalue weighted by Gasteiger charge is 2.13. The Morgan fingerprint density at radius 2 is 0.921 bits per heavy atom. The number of nitrogens with one attached hydrogen (secondary N) is 4. The standard InChI is InChI=1S/C30H42N4O4/c1-3-21-31-29(37)23-15-11-13-17-25(23)33-27(35)19-9-7-5-6-8-10-20-28(36)34-26-18-14-12-16-24(26)30(38)32-22-4-2/h11-18H,3-10,19-22H2,1-2H3,(H,31,37)(H,32,38)(H,33,35)(H,34,36). The third-order valence-electron chi connectivity index (χ3n) is 6.02. The number of carbonyl (C=O) groups is 4. The number of anilines is 2. The first-order chi connectivity index (χ1) is 18.5. The lowest BCUT2D eigenvalue weighted by Gasteiger charge is -2.11. The van der Waals surface area contributed by atoms with Crippen LogP contribution in [0.5, 0.6) is 0 Å². The van der Waals surface area contributed by atoms with Crippen molar-refractivity contribution in [1.82, 2.24) is 10.6 Å². The highest BCUT2D eigenvalue weighted by Crippen LogP contribution is 2.18. The maximum Gasteiger partial charge on any atom is 0.253 e. The first-order valence-electron chi connectivity index (χ1n) is 13.8. The van der Waals surface area contributed by atoms with Crippen LogP contribution in [0, 0.1) is 0 Å². The normalized spacial score (nSPS) is 10.5. The summed E-state index contributed by atoms with van der Waals surface area (Å²) in [6.07, 6.45) is 7.88. The molecule has 0 unspecified atom stereocenters. The fourth-order valence-electron chi connectivity index (χ4n) is 3.95. The van der Waals surface area contributed by atoms with Gasteiger partial charge in [-0.3, -0.25) is 19.2 Å². The second kappa shape index (κ2) is 17.7. The van der Waals surface area contributed by atoms with Gasteiger partial charge in [-0.25, -0.2) is 0 Å². The zero-order valence-electron chi connectivity index (χ0n) is 22.7. The van der Waals surface area contributed by atoms with Crippen molar-refractivity contribution < 1.29 is 19.2 Å². The smallest absolute Gasteiger partial charge is 0.253 e. The minimum absolute atomic E-state index is 0.0962. The molecule has 8 heteroatoms. The molecular weight excluding hydrogens is 480 g/mol. The second-order valence-electron chi connectivity index (χ2n) is 9.32. The van der Waals surface area contributed by atoms with Crippen molar-refractivity contribution in [2.24, 2.45) is 0 Å². The van der Waals surface area contributed by atoms with Crippen molar-refractivity contribution in [3.63, 3.8) is 0 Å². The van der Waals surface area contributed by atoms with Gasteiger partial charge in [-0.1, -0.05) is 63.8 Å². The number of amides is 4.